The molecule has 3 rings (SSSR count). The van der Waals surface area contributed by atoms with Gasteiger partial charge in [-0.25, -0.2) is 9.78 Å². The Morgan fingerprint density at radius 1 is 1.21 bits per heavy atom. The largest absolute Gasteiger partial charge is 0.465 e. The number of esters is 1. The minimum Gasteiger partial charge on any atom is -0.465 e. The predicted molar refractivity (Wildman–Crippen MR) is 91.3 cm³/mol. The maximum Gasteiger partial charge on any atom is 0.344 e. The molecule has 1 aromatic rings. The van der Waals surface area contributed by atoms with Gasteiger partial charge < -0.3 is 14.8 Å². The van der Waals surface area contributed by atoms with E-state index in [0.29, 0.717) is 11.8 Å². The van der Waals surface area contributed by atoms with E-state index in [9.17, 15) is 4.79 Å². The Morgan fingerprint density at radius 2 is 1.92 bits per heavy atom. The lowest BCUT2D eigenvalue weighted by Gasteiger charge is -2.20. The van der Waals surface area contributed by atoms with Gasteiger partial charge in [0, 0.05) is 12.5 Å². The van der Waals surface area contributed by atoms with Crippen molar-refractivity contribution in [2.45, 2.75) is 64.9 Å². The topological polar surface area (TPSA) is 73.3 Å². The fourth-order valence-electron chi connectivity index (χ4n) is 2.41. The van der Waals surface area contributed by atoms with Gasteiger partial charge in [-0.05, 0) is 59.3 Å². The Hall–Kier alpha value is -1.85. The molecule has 0 unspecified atom stereocenters. The Morgan fingerprint density at radius 3 is 2.50 bits per heavy atom. The summed E-state index contributed by atoms with van der Waals surface area (Å²) in [5.74, 6) is 2.93. The predicted octanol–water partition coefficient (Wildman–Crippen LogP) is 3.20. The lowest BCUT2D eigenvalue weighted by Crippen LogP contribution is -2.27. The van der Waals surface area contributed by atoms with Gasteiger partial charge in [0.1, 0.15) is 17.2 Å². The van der Waals surface area contributed by atoms with Gasteiger partial charge >= 0.3 is 5.97 Å². The lowest BCUT2D eigenvalue weighted by atomic mass is 10.2. The van der Waals surface area contributed by atoms with Crippen LogP contribution in [0, 0.1) is 12.8 Å². The van der Waals surface area contributed by atoms with E-state index in [-0.39, 0.29) is 12.6 Å². The van der Waals surface area contributed by atoms with E-state index in [0.717, 1.165) is 42.5 Å². The molecule has 0 aromatic carbocycles. The van der Waals surface area contributed by atoms with Crippen molar-refractivity contribution in [3.8, 4) is 5.88 Å². The summed E-state index contributed by atoms with van der Waals surface area (Å²) in [6.07, 6.45) is 4.82. The molecule has 0 spiro atoms. The third-order valence-corrected chi connectivity index (χ3v) is 4.06. The number of hydrogen-bond acceptors (Lipinski definition) is 6. The molecule has 0 bridgehead atoms. The summed E-state index contributed by atoms with van der Waals surface area (Å²) in [5, 5.41) is 3.42. The average Bonchev–Trinajstić information content (AvgIpc) is 3.36. The number of aromatic nitrogens is 2. The van der Waals surface area contributed by atoms with Gasteiger partial charge in [0.25, 0.3) is 0 Å². The zero-order valence-corrected chi connectivity index (χ0v) is 15.0. The second kappa shape index (κ2) is 6.57. The fourth-order valence-corrected chi connectivity index (χ4v) is 2.41. The number of nitrogens with one attached hydrogen (secondary N) is 1. The minimum absolute atomic E-state index is 0.138. The van der Waals surface area contributed by atoms with Gasteiger partial charge in [0.05, 0.1) is 5.56 Å². The summed E-state index contributed by atoms with van der Waals surface area (Å²) in [7, 11) is 0. The molecule has 1 heterocycles. The second-order valence-electron chi connectivity index (χ2n) is 7.83. The molecule has 0 saturated heterocycles. The highest BCUT2D eigenvalue weighted by Crippen LogP contribution is 2.40. The molecule has 1 aromatic heterocycles. The highest BCUT2D eigenvalue weighted by molar-refractivity contribution is 5.71. The van der Waals surface area contributed by atoms with Crippen LogP contribution in [0.4, 0.5) is 5.82 Å². The van der Waals surface area contributed by atoms with Crippen molar-refractivity contribution in [1.82, 2.24) is 9.97 Å². The zero-order chi connectivity index (χ0) is 17.3. The summed E-state index contributed by atoms with van der Waals surface area (Å²) < 4.78 is 10.9. The van der Waals surface area contributed by atoms with Crippen LogP contribution in [0.25, 0.3) is 0 Å². The summed E-state index contributed by atoms with van der Waals surface area (Å²) in [6.45, 7) is 8.24. The molecule has 0 radical (unpaired) electrons. The Labute approximate surface area is 143 Å². The van der Waals surface area contributed by atoms with Crippen LogP contribution in [0.1, 0.15) is 63.8 Å². The smallest absolute Gasteiger partial charge is 0.344 e. The van der Waals surface area contributed by atoms with Crippen LogP contribution >= 0.6 is 0 Å². The van der Waals surface area contributed by atoms with E-state index in [1.165, 1.54) is 12.8 Å². The van der Waals surface area contributed by atoms with Crippen LogP contribution in [0.3, 0.4) is 0 Å². The molecule has 6 nitrogen and oxygen atoms in total. The van der Waals surface area contributed by atoms with E-state index in [1.54, 1.807) is 0 Å². The molecule has 2 aliphatic carbocycles. The number of hydrogen-bond donors (Lipinski definition) is 1. The van der Waals surface area contributed by atoms with E-state index >= 15 is 0 Å². The fraction of sp³-hybridized carbons (Fsp3) is 0.722. The first-order valence-corrected chi connectivity index (χ1v) is 8.79. The van der Waals surface area contributed by atoms with Crippen molar-refractivity contribution in [3.63, 3.8) is 0 Å². The molecule has 0 amide bonds. The van der Waals surface area contributed by atoms with Crippen molar-refractivity contribution in [2.24, 2.45) is 5.92 Å². The van der Waals surface area contributed by atoms with Crippen molar-refractivity contribution in [2.75, 3.05) is 18.5 Å². The third kappa shape index (κ3) is 4.82. The molecular formula is C18H27N3O3. The van der Waals surface area contributed by atoms with Gasteiger partial charge in [-0.15, -0.1) is 0 Å². The van der Waals surface area contributed by atoms with Gasteiger partial charge in [0.15, 0.2) is 6.61 Å². The number of ether oxygens (including phenoxy) is 2. The quantitative estimate of drug-likeness (QED) is 0.773. The Bertz CT molecular complexity index is 617. The van der Waals surface area contributed by atoms with Crippen molar-refractivity contribution in [3.05, 3.63) is 11.4 Å². The lowest BCUT2D eigenvalue weighted by molar-refractivity contribution is -0.157. The van der Waals surface area contributed by atoms with Gasteiger partial charge in [-0.3, -0.25) is 0 Å². The molecule has 1 N–H and O–H groups in total. The van der Waals surface area contributed by atoms with Crippen molar-refractivity contribution < 1.29 is 14.3 Å². The minimum atomic E-state index is -0.517. The molecule has 24 heavy (non-hydrogen) atoms. The molecule has 6 heteroatoms. The molecule has 2 aliphatic rings. The zero-order valence-electron chi connectivity index (χ0n) is 15.0. The molecule has 2 fully saturated rings. The van der Waals surface area contributed by atoms with Gasteiger partial charge in [0.2, 0.25) is 5.88 Å². The number of carbonyl (C=O) groups excluding carboxylic acids is 1. The monoisotopic (exact) mass is 333 g/mol. The average molecular weight is 333 g/mol. The highest BCUT2D eigenvalue weighted by atomic mass is 16.6. The van der Waals surface area contributed by atoms with Crippen LogP contribution in [0.5, 0.6) is 5.88 Å². The van der Waals surface area contributed by atoms with Gasteiger partial charge in [-0.2, -0.15) is 4.98 Å². The maximum absolute atomic E-state index is 11.9. The van der Waals surface area contributed by atoms with Crippen molar-refractivity contribution in [1.29, 1.82) is 0 Å². The molecule has 2 saturated carbocycles. The molecular weight excluding hydrogens is 306 g/mol. The summed E-state index contributed by atoms with van der Waals surface area (Å²) in [6, 6.07) is 0. The first-order chi connectivity index (χ1) is 11.3. The van der Waals surface area contributed by atoms with Crippen LogP contribution in [-0.4, -0.2) is 34.7 Å². The number of carbonyl (C=O) groups is 1. The van der Waals surface area contributed by atoms with Crippen molar-refractivity contribution >= 4 is 11.8 Å². The standard InChI is InChI=1S/C18H27N3O3/c1-11-15(19-9-12-5-6-12)20-16(13-7-8-13)21-17(11)23-10-14(22)24-18(2,3)4/h12-13H,5-10H2,1-4H3,(H,19,20,21). The molecule has 132 valence electrons. The summed E-state index contributed by atoms with van der Waals surface area (Å²) in [4.78, 5) is 21.1. The Balaban J connectivity index is 1.69. The van der Waals surface area contributed by atoms with Crippen LogP contribution in [-0.2, 0) is 9.53 Å². The van der Waals surface area contributed by atoms with E-state index in [1.807, 2.05) is 27.7 Å². The summed E-state index contributed by atoms with van der Waals surface area (Å²) in [5.41, 5.74) is 0.334. The third-order valence-electron chi connectivity index (χ3n) is 4.06. The number of nitrogens with zero attached hydrogens (tertiary/aromatic N) is 2. The normalized spacial score (nSPS) is 17.5. The van der Waals surface area contributed by atoms with Crippen LogP contribution in [0.2, 0.25) is 0 Å². The first kappa shape index (κ1) is 17.0. The summed E-state index contributed by atoms with van der Waals surface area (Å²) >= 11 is 0. The number of rotatable bonds is 7. The van der Waals surface area contributed by atoms with E-state index in [2.05, 4.69) is 15.3 Å². The second-order valence-corrected chi connectivity index (χ2v) is 7.83. The SMILES string of the molecule is Cc1c(NCC2CC2)nc(C2CC2)nc1OCC(=O)OC(C)(C)C. The van der Waals surface area contributed by atoms with E-state index in [4.69, 9.17) is 9.47 Å². The highest BCUT2D eigenvalue weighted by Gasteiger charge is 2.29. The molecule has 0 aliphatic heterocycles. The van der Waals surface area contributed by atoms with Crippen LogP contribution < -0.4 is 10.1 Å². The van der Waals surface area contributed by atoms with E-state index < -0.39 is 5.60 Å². The first-order valence-electron chi connectivity index (χ1n) is 8.79. The molecule has 0 atom stereocenters. The van der Waals surface area contributed by atoms with Crippen LogP contribution in [0.15, 0.2) is 0 Å². The Kier molecular flexibility index (Phi) is 4.65. The van der Waals surface area contributed by atoms with Gasteiger partial charge in [-0.1, -0.05) is 0 Å². The maximum atomic E-state index is 11.9. The number of anilines is 1.